The molecule has 4 aliphatic carbocycles. The van der Waals surface area contributed by atoms with Gasteiger partial charge in [0.1, 0.15) is 1.37 Å². The van der Waals surface area contributed by atoms with Gasteiger partial charge in [-0.25, -0.2) is 0 Å². The molecule has 1 nitrogen and oxygen atoms in total. The molecule has 4 fully saturated rings. The highest BCUT2D eigenvalue weighted by Crippen LogP contribution is 2.68. The predicted octanol–water partition coefficient (Wildman–Crippen LogP) is 8.80. The molecule has 0 aliphatic heterocycles. The summed E-state index contributed by atoms with van der Waals surface area (Å²) in [5.41, 5.74) is 0.386. The monoisotopic (exact) mass is 421 g/mol. The van der Waals surface area contributed by atoms with Gasteiger partial charge >= 0.3 is 0 Å². The number of fused-ring (bicyclic) bond motifs is 5. The van der Waals surface area contributed by atoms with Crippen molar-refractivity contribution in [2.75, 3.05) is 0 Å². The highest BCUT2D eigenvalue weighted by Gasteiger charge is 2.60. The summed E-state index contributed by atoms with van der Waals surface area (Å²) in [5, 5.41) is 9.74. The Labute approximate surface area is 197 Å². The molecule has 4 rings (SSSR count). The van der Waals surface area contributed by atoms with Crippen LogP contribution >= 0.6 is 0 Å². The molecule has 4 aliphatic rings. The van der Waals surface area contributed by atoms with Crippen molar-refractivity contribution in [3.63, 3.8) is 0 Å². The van der Waals surface area contributed by atoms with Crippen LogP contribution in [0, 0.1) is 58.1 Å². The zero-order chi connectivity index (χ0) is 27.8. The molecular weight excluding hydrogens is 364 g/mol. The third kappa shape index (κ3) is 3.79. The largest absolute Gasteiger partial charge is 0.516 e. The molecule has 0 bridgehead atoms. The van der Waals surface area contributed by atoms with Gasteiger partial charge < -0.3 is 5.11 Å². The number of aliphatic hydroxyl groups is 1. The van der Waals surface area contributed by atoms with Gasteiger partial charge in [0.15, 0.2) is 0 Å². The van der Waals surface area contributed by atoms with E-state index in [1.807, 2.05) is 6.92 Å². The highest BCUT2D eigenvalue weighted by molar-refractivity contribution is 5.09. The van der Waals surface area contributed by atoms with Gasteiger partial charge in [-0.05, 0) is 128 Å². The van der Waals surface area contributed by atoms with Gasteiger partial charge in [0.05, 0.1) is 7.61 Å². The van der Waals surface area contributed by atoms with Crippen LogP contribution in [0.2, 0.25) is 0 Å². The summed E-state index contributed by atoms with van der Waals surface area (Å²) in [6.07, 6.45) is 5.89. The van der Waals surface area contributed by atoms with E-state index in [-0.39, 0.29) is 11.3 Å². The standard InChI is InChI=1S/C29H50O/c1-20(2)22(16-19-30)10-9-21(3)25-13-14-26-24-12-11-23-8-6-7-17-28(23,4)27(24)15-18-29(25,26)5/h16,19-27,30H,6-15,17-18H2,1-5H3/t21-,22+,23?,24+,25-,26+,27+,28+,29-/m1/s1/i9D2,10D2,16D,19D,22D. The molecule has 0 heterocycles. The molecule has 0 aromatic heterocycles. The maximum atomic E-state index is 9.74. The van der Waals surface area contributed by atoms with Crippen molar-refractivity contribution in [3.05, 3.63) is 12.3 Å². The molecular formula is C29H50O. The minimum Gasteiger partial charge on any atom is -0.516 e. The van der Waals surface area contributed by atoms with Crippen LogP contribution in [0.15, 0.2) is 12.3 Å². The second kappa shape index (κ2) is 8.82. The van der Waals surface area contributed by atoms with E-state index in [0.717, 1.165) is 31.1 Å². The normalized spacial score (nSPS) is 51.8. The van der Waals surface area contributed by atoms with E-state index < -0.39 is 42.8 Å². The molecule has 1 N–H and O–H groups in total. The van der Waals surface area contributed by atoms with E-state index in [1.165, 1.54) is 44.9 Å². The van der Waals surface area contributed by atoms with Crippen molar-refractivity contribution in [1.82, 2.24) is 0 Å². The Morgan fingerprint density at radius 2 is 1.73 bits per heavy atom. The lowest BCUT2D eigenvalue weighted by Gasteiger charge is -2.61. The first-order valence-electron chi connectivity index (χ1n) is 16.3. The zero-order valence-corrected chi connectivity index (χ0v) is 20.1. The molecule has 0 radical (unpaired) electrons. The van der Waals surface area contributed by atoms with Crippen LogP contribution in [-0.2, 0) is 0 Å². The number of rotatable bonds is 6. The molecule has 1 heteroatoms. The fraction of sp³-hybridized carbons (Fsp3) is 0.931. The molecule has 0 aromatic rings. The van der Waals surface area contributed by atoms with Crippen LogP contribution in [0.4, 0.5) is 0 Å². The summed E-state index contributed by atoms with van der Waals surface area (Å²) in [4.78, 5) is 0. The third-order valence-corrected chi connectivity index (χ3v) is 10.5. The minimum absolute atomic E-state index is 0.000385. The summed E-state index contributed by atoms with van der Waals surface area (Å²) in [6.45, 7) is 9.85. The minimum atomic E-state index is -2.76. The van der Waals surface area contributed by atoms with Crippen LogP contribution in [0.5, 0.6) is 0 Å². The summed E-state index contributed by atoms with van der Waals surface area (Å²) in [5.74, 6) is -1.01. The van der Waals surface area contributed by atoms with E-state index in [0.29, 0.717) is 17.3 Å². The Morgan fingerprint density at radius 3 is 2.47 bits per heavy atom. The van der Waals surface area contributed by atoms with Gasteiger partial charge in [0.25, 0.3) is 0 Å². The molecule has 0 saturated heterocycles. The first-order valence-corrected chi connectivity index (χ1v) is 12.8. The summed E-state index contributed by atoms with van der Waals surface area (Å²) in [6, 6.07) is -0.850. The molecule has 4 saturated carbocycles. The van der Waals surface area contributed by atoms with E-state index in [9.17, 15) is 5.11 Å². The maximum Gasteiger partial charge on any atom is 0.103 e. The average molecular weight is 422 g/mol. The number of aliphatic hydroxyl groups excluding tert-OH is 1. The van der Waals surface area contributed by atoms with E-state index in [2.05, 4.69) is 13.8 Å². The van der Waals surface area contributed by atoms with Crippen LogP contribution in [0.1, 0.15) is 121 Å². The lowest BCUT2D eigenvalue weighted by Crippen LogP contribution is -2.53. The lowest BCUT2D eigenvalue weighted by molar-refractivity contribution is -0.114. The van der Waals surface area contributed by atoms with Crippen LogP contribution in [0.25, 0.3) is 0 Å². The fourth-order valence-electron chi connectivity index (χ4n) is 8.83. The Kier molecular flexibility index (Phi) is 4.52. The van der Waals surface area contributed by atoms with E-state index in [4.69, 9.17) is 9.60 Å². The second-order valence-electron chi connectivity index (χ2n) is 12.0. The number of allylic oxidation sites excluding steroid dienone is 1. The summed E-state index contributed by atoms with van der Waals surface area (Å²) in [7, 11) is 0. The molecule has 1 unspecified atom stereocenters. The number of hydrogen-bond donors (Lipinski definition) is 1. The molecule has 0 amide bonds. The quantitative estimate of drug-likeness (QED) is 0.425. The maximum absolute atomic E-state index is 9.74. The van der Waals surface area contributed by atoms with Crippen LogP contribution < -0.4 is 0 Å². The van der Waals surface area contributed by atoms with Gasteiger partial charge in [-0.3, -0.25) is 0 Å². The summed E-state index contributed by atoms with van der Waals surface area (Å²) >= 11 is 0. The van der Waals surface area contributed by atoms with Gasteiger partial charge in [-0.2, -0.15) is 0 Å². The molecule has 9 atom stereocenters. The van der Waals surface area contributed by atoms with Crippen molar-refractivity contribution in [1.29, 1.82) is 0 Å². The van der Waals surface area contributed by atoms with Crippen molar-refractivity contribution in [2.45, 2.75) is 112 Å². The average Bonchev–Trinajstić information content (AvgIpc) is 3.18. The Bertz CT molecular complexity index is 899. The second-order valence-corrected chi connectivity index (χ2v) is 12.0. The first kappa shape index (κ1) is 15.4. The molecule has 172 valence electrons. The van der Waals surface area contributed by atoms with Gasteiger partial charge in [0.2, 0.25) is 0 Å². The predicted molar refractivity (Wildman–Crippen MR) is 128 cm³/mol. The Balaban J connectivity index is 1.64. The molecule has 0 aromatic carbocycles. The number of hydrogen-bond acceptors (Lipinski definition) is 1. The highest BCUT2D eigenvalue weighted by atomic mass is 16.2. The third-order valence-electron chi connectivity index (χ3n) is 10.5. The van der Waals surface area contributed by atoms with E-state index >= 15 is 0 Å². The van der Waals surface area contributed by atoms with Crippen molar-refractivity contribution < 1.29 is 14.7 Å². The first-order chi connectivity index (χ1) is 17.0. The Morgan fingerprint density at radius 1 is 0.967 bits per heavy atom. The van der Waals surface area contributed by atoms with Crippen molar-refractivity contribution in [2.24, 2.45) is 58.1 Å². The smallest absolute Gasteiger partial charge is 0.103 e. The van der Waals surface area contributed by atoms with Gasteiger partial charge in [0, 0.05) is 6.85 Å². The molecule has 0 spiro atoms. The topological polar surface area (TPSA) is 20.2 Å². The SMILES string of the molecule is [2H]C(O)=C([2H])[C@@]([2H])(C(C)C)C([2H])([2H])C([2H])([2H])[C@@H](C)[C@H]1CC[C@H]2[C@@H]3CCC4CCCC[C@]4(C)[C@H]3CC[C@]12C. The van der Waals surface area contributed by atoms with E-state index in [1.54, 1.807) is 13.8 Å². The zero-order valence-electron chi connectivity index (χ0n) is 27.1. The molecule has 30 heavy (non-hydrogen) atoms. The van der Waals surface area contributed by atoms with Crippen molar-refractivity contribution >= 4 is 0 Å². The van der Waals surface area contributed by atoms with Crippen LogP contribution in [0.3, 0.4) is 0 Å². The van der Waals surface area contributed by atoms with Gasteiger partial charge in [-0.1, -0.05) is 47.5 Å². The van der Waals surface area contributed by atoms with Crippen molar-refractivity contribution in [3.8, 4) is 0 Å². The fourth-order valence-corrected chi connectivity index (χ4v) is 8.83. The lowest BCUT2D eigenvalue weighted by atomic mass is 9.44. The Hall–Kier alpha value is -0.460. The summed E-state index contributed by atoms with van der Waals surface area (Å²) < 4.78 is 60.9. The van der Waals surface area contributed by atoms with Crippen LogP contribution in [-0.4, -0.2) is 5.11 Å². The van der Waals surface area contributed by atoms with Gasteiger partial charge in [-0.15, -0.1) is 0 Å².